The quantitative estimate of drug-likeness (QED) is 0.315. The third-order valence-electron chi connectivity index (χ3n) is 5.22. The Kier molecular flexibility index (Phi) is 6.90. The van der Waals surface area contributed by atoms with Crippen LogP contribution in [0.5, 0.6) is 5.75 Å². The number of rotatable bonds is 6. The van der Waals surface area contributed by atoms with Gasteiger partial charge in [0.15, 0.2) is 0 Å². The summed E-state index contributed by atoms with van der Waals surface area (Å²) in [7, 11) is 0. The SMILES string of the molecule is CCCCCCSc1cc2c(cc1C#Cc1cncnc1)C(C)(C)CC(C)(C)O2. The Morgan fingerprint density at radius 1 is 1.03 bits per heavy atom. The summed E-state index contributed by atoms with van der Waals surface area (Å²) < 4.78 is 6.38. The maximum Gasteiger partial charge on any atom is 0.125 e. The number of aromatic nitrogens is 2. The number of ether oxygens (including phenoxy) is 1. The van der Waals surface area contributed by atoms with Crippen molar-refractivity contribution < 1.29 is 4.74 Å². The first kappa shape index (κ1) is 21.7. The van der Waals surface area contributed by atoms with Gasteiger partial charge in [-0.2, -0.15) is 0 Å². The van der Waals surface area contributed by atoms with Crippen LogP contribution < -0.4 is 4.74 Å². The number of hydrogen-bond donors (Lipinski definition) is 0. The topological polar surface area (TPSA) is 35.0 Å². The molecule has 3 nitrogen and oxygen atoms in total. The lowest BCUT2D eigenvalue weighted by Gasteiger charge is -2.42. The Morgan fingerprint density at radius 3 is 2.52 bits per heavy atom. The summed E-state index contributed by atoms with van der Waals surface area (Å²) in [6.07, 6.45) is 11.1. The van der Waals surface area contributed by atoms with E-state index in [9.17, 15) is 0 Å². The molecular weight excluding hydrogens is 376 g/mol. The Balaban J connectivity index is 1.95. The molecule has 0 bridgehead atoms. The molecule has 3 rings (SSSR count). The molecule has 0 N–H and O–H groups in total. The van der Waals surface area contributed by atoms with E-state index in [0.717, 1.165) is 29.1 Å². The molecule has 0 unspecified atom stereocenters. The molecule has 0 radical (unpaired) electrons. The first-order valence-corrected chi connectivity index (χ1v) is 11.6. The highest BCUT2D eigenvalue weighted by Crippen LogP contribution is 2.46. The van der Waals surface area contributed by atoms with Crippen molar-refractivity contribution in [2.75, 3.05) is 5.75 Å². The predicted octanol–water partition coefficient (Wildman–Crippen LogP) is 6.39. The van der Waals surface area contributed by atoms with Crippen molar-refractivity contribution in [1.29, 1.82) is 0 Å². The van der Waals surface area contributed by atoms with Gasteiger partial charge in [-0.25, -0.2) is 9.97 Å². The molecule has 4 heteroatoms. The molecule has 2 aromatic rings. The Labute approximate surface area is 180 Å². The number of benzene rings is 1. The van der Waals surface area contributed by atoms with E-state index in [4.69, 9.17) is 4.74 Å². The van der Waals surface area contributed by atoms with E-state index >= 15 is 0 Å². The van der Waals surface area contributed by atoms with Crippen molar-refractivity contribution in [1.82, 2.24) is 9.97 Å². The first-order chi connectivity index (χ1) is 13.8. The van der Waals surface area contributed by atoms with Crippen molar-refractivity contribution >= 4 is 11.8 Å². The zero-order chi connectivity index (χ0) is 20.9. The second-order valence-electron chi connectivity index (χ2n) is 9.05. The molecular formula is C25H32N2OS. The van der Waals surface area contributed by atoms with Crippen LogP contribution in [0, 0.1) is 11.8 Å². The van der Waals surface area contributed by atoms with Crippen LogP contribution in [0.4, 0.5) is 0 Å². The van der Waals surface area contributed by atoms with Gasteiger partial charge in [-0.1, -0.05) is 51.9 Å². The van der Waals surface area contributed by atoms with Crippen molar-refractivity contribution in [3.63, 3.8) is 0 Å². The number of fused-ring (bicyclic) bond motifs is 1. The molecule has 0 atom stereocenters. The summed E-state index contributed by atoms with van der Waals surface area (Å²) in [6.45, 7) is 11.2. The molecule has 0 spiro atoms. The lowest BCUT2D eigenvalue weighted by Crippen LogP contribution is -2.41. The van der Waals surface area contributed by atoms with Crippen LogP contribution in [0.15, 0.2) is 35.7 Å². The molecule has 1 aliphatic rings. The largest absolute Gasteiger partial charge is 0.487 e. The summed E-state index contributed by atoms with van der Waals surface area (Å²) in [4.78, 5) is 9.34. The number of thioether (sulfide) groups is 1. The lowest BCUT2D eigenvalue weighted by atomic mass is 9.73. The van der Waals surface area contributed by atoms with Gasteiger partial charge in [0.2, 0.25) is 0 Å². The highest BCUT2D eigenvalue weighted by atomic mass is 32.2. The van der Waals surface area contributed by atoms with E-state index in [-0.39, 0.29) is 11.0 Å². The van der Waals surface area contributed by atoms with Crippen LogP contribution >= 0.6 is 11.8 Å². The van der Waals surface area contributed by atoms with Gasteiger partial charge in [0.25, 0.3) is 0 Å². The van der Waals surface area contributed by atoms with Crippen LogP contribution in [0.2, 0.25) is 0 Å². The molecule has 2 heterocycles. The molecule has 0 aliphatic carbocycles. The summed E-state index contributed by atoms with van der Waals surface area (Å²) in [6, 6.07) is 4.46. The molecule has 29 heavy (non-hydrogen) atoms. The van der Waals surface area contributed by atoms with Gasteiger partial charge in [-0.15, -0.1) is 11.8 Å². The predicted molar refractivity (Wildman–Crippen MR) is 122 cm³/mol. The minimum absolute atomic E-state index is 0.0493. The van der Waals surface area contributed by atoms with E-state index in [1.165, 1.54) is 42.5 Å². The fourth-order valence-corrected chi connectivity index (χ4v) is 5.12. The maximum atomic E-state index is 6.38. The van der Waals surface area contributed by atoms with E-state index < -0.39 is 0 Å². The van der Waals surface area contributed by atoms with Gasteiger partial charge >= 0.3 is 0 Å². The average molecular weight is 409 g/mol. The standard InChI is InChI=1S/C25H32N2OS/c1-6-7-8-9-12-29-23-14-22-21(24(2,3)17-25(4,5)28-22)13-20(23)11-10-19-15-26-18-27-16-19/h13-16,18H,6-9,12,17H2,1-5H3. The molecule has 154 valence electrons. The van der Waals surface area contributed by atoms with Crippen molar-refractivity contribution in [2.24, 2.45) is 0 Å². The van der Waals surface area contributed by atoms with Crippen LogP contribution in [0.3, 0.4) is 0 Å². The molecule has 1 aromatic carbocycles. The molecule has 0 amide bonds. The third-order valence-corrected chi connectivity index (χ3v) is 6.36. The monoisotopic (exact) mass is 408 g/mol. The highest BCUT2D eigenvalue weighted by Gasteiger charge is 2.39. The highest BCUT2D eigenvalue weighted by molar-refractivity contribution is 7.99. The first-order valence-electron chi connectivity index (χ1n) is 10.6. The molecule has 0 fully saturated rings. The van der Waals surface area contributed by atoms with Gasteiger partial charge in [0.1, 0.15) is 17.7 Å². The minimum Gasteiger partial charge on any atom is -0.487 e. The second-order valence-corrected chi connectivity index (χ2v) is 10.2. The second kappa shape index (κ2) is 9.22. The van der Waals surface area contributed by atoms with E-state index in [1.807, 2.05) is 11.8 Å². The summed E-state index contributed by atoms with van der Waals surface area (Å²) in [5.41, 5.74) is 3.05. The fourth-order valence-electron chi connectivity index (χ4n) is 4.10. The Morgan fingerprint density at radius 2 is 1.79 bits per heavy atom. The van der Waals surface area contributed by atoms with E-state index in [0.29, 0.717) is 0 Å². The van der Waals surface area contributed by atoms with E-state index in [1.54, 1.807) is 12.4 Å². The van der Waals surface area contributed by atoms with Crippen molar-refractivity contribution in [3.8, 4) is 17.6 Å². The normalized spacial score (nSPS) is 16.3. The molecule has 1 aromatic heterocycles. The maximum absolute atomic E-state index is 6.38. The zero-order valence-electron chi connectivity index (χ0n) is 18.3. The number of hydrogen-bond acceptors (Lipinski definition) is 4. The van der Waals surface area contributed by atoms with Crippen LogP contribution in [-0.4, -0.2) is 21.3 Å². The van der Waals surface area contributed by atoms with E-state index in [2.05, 4.69) is 68.6 Å². The van der Waals surface area contributed by atoms with Gasteiger partial charge < -0.3 is 4.74 Å². The minimum atomic E-state index is -0.159. The van der Waals surface area contributed by atoms with Crippen LogP contribution in [-0.2, 0) is 5.41 Å². The van der Waals surface area contributed by atoms with Crippen molar-refractivity contribution in [3.05, 3.63) is 47.5 Å². The summed E-state index contributed by atoms with van der Waals surface area (Å²) in [5.74, 6) is 8.73. The molecule has 0 saturated carbocycles. The van der Waals surface area contributed by atoms with Gasteiger partial charge in [-0.3, -0.25) is 0 Å². The van der Waals surface area contributed by atoms with Gasteiger partial charge in [0.05, 0.1) is 5.56 Å². The smallest absolute Gasteiger partial charge is 0.125 e. The summed E-state index contributed by atoms with van der Waals surface area (Å²) in [5, 5.41) is 0. The van der Waals surface area contributed by atoms with Gasteiger partial charge in [0, 0.05) is 28.4 Å². The molecule has 1 aliphatic heterocycles. The Bertz CT molecular complexity index is 894. The summed E-state index contributed by atoms with van der Waals surface area (Å²) >= 11 is 1.89. The zero-order valence-corrected chi connectivity index (χ0v) is 19.2. The fraction of sp³-hybridized carbons (Fsp3) is 0.520. The third kappa shape index (κ3) is 5.76. The average Bonchev–Trinajstić information content (AvgIpc) is 2.65. The number of nitrogens with zero attached hydrogens (tertiary/aromatic N) is 2. The van der Waals surface area contributed by atoms with Gasteiger partial charge in [-0.05, 0) is 50.0 Å². The number of unbranched alkanes of at least 4 members (excludes halogenated alkanes) is 3. The lowest BCUT2D eigenvalue weighted by molar-refractivity contribution is 0.0530. The Hall–Kier alpha value is -1.99. The molecule has 0 saturated heterocycles. The van der Waals surface area contributed by atoms with Crippen LogP contribution in [0.1, 0.15) is 83.4 Å². The van der Waals surface area contributed by atoms with Crippen LogP contribution in [0.25, 0.3) is 0 Å². The van der Waals surface area contributed by atoms with Crippen molar-refractivity contribution in [2.45, 2.75) is 82.6 Å².